The summed E-state index contributed by atoms with van der Waals surface area (Å²) >= 11 is 0. The first kappa shape index (κ1) is 14.5. The van der Waals surface area contributed by atoms with Crippen LogP contribution in [-0.4, -0.2) is 29.9 Å². The number of carbonyl (C=O) groups excluding carboxylic acids is 1. The molecule has 17 heavy (non-hydrogen) atoms. The SMILES string of the molecule is CCC1(CC)CCN(C(=O)[C@@H](N)C(C)(C)C)C1. The Kier molecular flexibility index (Phi) is 4.23. The number of nitrogens with two attached hydrogens (primary N) is 1. The zero-order chi connectivity index (χ0) is 13.3. The first-order valence-corrected chi connectivity index (χ1v) is 6.80. The fourth-order valence-corrected chi connectivity index (χ4v) is 2.52. The first-order valence-electron chi connectivity index (χ1n) is 6.80. The summed E-state index contributed by atoms with van der Waals surface area (Å²) in [6, 6.07) is -0.382. The Hall–Kier alpha value is -0.570. The van der Waals surface area contributed by atoms with Crippen LogP contribution in [0.25, 0.3) is 0 Å². The van der Waals surface area contributed by atoms with E-state index in [0.29, 0.717) is 5.41 Å². The summed E-state index contributed by atoms with van der Waals surface area (Å²) in [5, 5.41) is 0. The van der Waals surface area contributed by atoms with Crippen molar-refractivity contribution >= 4 is 5.91 Å². The lowest BCUT2D eigenvalue weighted by atomic mass is 9.82. The minimum absolute atomic E-state index is 0.126. The van der Waals surface area contributed by atoms with Crippen molar-refractivity contribution in [3.8, 4) is 0 Å². The molecule has 0 aromatic rings. The van der Waals surface area contributed by atoms with Crippen LogP contribution in [-0.2, 0) is 4.79 Å². The van der Waals surface area contributed by atoms with Gasteiger partial charge in [-0.05, 0) is 30.1 Å². The molecule has 1 aliphatic rings. The van der Waals surface area contributed by atoms with Crippen LogP contribution in [0.3, 0.4) is 0 Å². The fourth-order valence-electron chi connectivity index (χ4n) is 2.52. The molecular weight excluding hydrogens is 212 g/mol. The minimum Gasteiger partial charge on any atom is -0.341 e. The Morgan fingerprint density at radius 2 is 1.88 bits per heavy atom. The van der Waals surface area contributed by atoms with E-state index in [-0.39, 0.29) is 17.4 Å². The first-order chi connectivity index (χ1) is 7.75. The van der Waals surface area contributed by atoms with Gasteiger partial charge < -0.3 is 10.6 Å². The molecule has 0 radical (unpaired) electrons. The van der Waals surface area contributed by atoms with Gasteiger partial charge in [-0.1, -0.05) is 34.6 Å². The highest BCUT2D eigenvalue weighted by Crippen LogP contribution is 2.37. The van der Waals surface area contributed by atoms with Crippen LogP contribution in [0.5, 0.6) is 0 Å². The van der Waals surface area contributed by atoms with Gasteiger partial charge in [0.05, 0.1) is 6.04 Å². The van der Waals surface area contributed by atoms with Gasteiger partial charge in [-0.2, -0.15) is 0 Å². The van der Waals surface area contributed by atoms with Crippen LogP contribution in [0.15, 0.2) is 0 Å². The zero-order valence-corrected chi connectivity index (χ0v) is 12.0. The maximum Gasteiger partial charge on any atom is 0.240 e. The molecule has 1 aliphatic heterocycles. The second-order valence-electron chi connectivity index (χ2n) is 6.56. The number of rotatable bonds is 3. The van der Waals surface area contributed by atoms with Crippen molar-refractivity contribution in [3.63, 3.8) is 0 Å². The van der Waals surface area contributed by atoms with Gasteiger partial charge in [0.2, 0.25) is 5.91 Å². The third-order valence-corrected chi connectivity index (χ3v) is 4.45. The van der Waals surface area contributed by atoms with Crippen molar-refractivity contribution in [2.24, 2.45) is 16.6 Å². The second kappa shape index (κ2) is 4.97. The second-order valence-corrected chi connectivity index (χ2v) is 6.56. The van der Waals surface area contributed by atoms with E-state index in [1.807, 2.05) is 25.7 Å². The summed E-state index contributed by atoms with van der Waals surface area (Å²) in [6.45, 7) is 12.3. The third-order valence-electron chi connectivity index (χ3n) is 4.45. The smallest absolute Gasteiger partial charge is 0.240 e. The van der Waals surface area contributed by atoms with E-state index in [1.165, 1.54) is 0 Å². The van der Waals surface area contributed by atoms with Gasteiger partial charge in [0.15, 0.2) is 0 Å². The van der Waals surface area contributed by atoms with Crippen molar-refractivity contribution in [3.05, 3.63) is 0 Å². The lowest BCUT2D eigenvalue weighted by Gasteiger charge is -2.31. The van der Waals surface area contributed by atoms with E-state index in [4.69, 9.17) is 5.73 Å². The fraction of sp³-hybridized carbons (Fsp3) is 0.929. The van der Waals surface area contributed by atoms with E-state index in [0.717, 1.165) is 32.4 Å². The summed E-state index contributed by atoms with van der Waals surface area (Å²) in [5.74, 6) is 0.126. The van der Waals surface area contributed by atoms with E-state index >= 15 is 0 Å². The van der Waals surface area contributed by atoms with Crippen molar-refractivity contribution < 1.29 is 4.79 Å². The quantitative estimate of drug-likeness (QED) is 0.823. The highest BCUT2D eigenvalue weighted by Gasteiger charge is 2.40. The number of carbonyl (C=O) groups is 1. The van der Waals surface area contributed by atoms with Crippen LogP contribution in [0.2, 0.25) is 0 Å². The summed E-state index contributed by atoms with van der Waals surface area (Å²) in [5.41, 5.74) is 6.24. The summed E-state index contributed by atoms with van der Waals surface area (Å²) in [7, 11) is 0. The summed E-state index contributed by atoms with van der Waals surface area (Å²) < 4.78 is 0. The molecule has 0 aromatic carbocycles. The third kappa shape index (κ3) is 3.01. The van der Waals surface area contributed by atoms with Crippen LogP contribution in [0.1, 0.15) is 53.9 Å². The molecule has 3 heteroatoms. The maximum atomic E-state index is 12.3. The molecule has 0 bridgehead atoms. The molecule has 1 heterocycles. The molecule has 0 spiro atoms. The Morgan fingerprint density at radius 3 is 2.24 bits per heavy atom. The molecule has 1 fully saturated rings. The van der Waals surface area contributed by atoms with E-state index in [1.54, 1.807) is 0 Å². The maximum absolute atomic E-state index is 12.3. The van der Waals surface area contributed by atoms with Crippen LogP contribution >= 0.6 is 0 Å². The number of hydrogen-bond donors (Lipinski definition) is 1. The Bertz CT molecular complexity index is 276. The average molecular weight is 240 g/mol. The molecule has 100 valence electrons. The van der Waals surface area contributed by atoms with E-state index in [9.17, 15) is 4.79 Å². The van der Waals surface area contributed by atoms with E-state index in [2.05, 4.69) is 13.8 Å². The van der Waals surface area contributed by atoms with Gasteiger partial charge in [-0.25, -0.2) is 0 Å². The van der Waals surface area contributed by atoms with Crippen LogP contribution < -0.4 is 5.73 Å². The Morgan fingerprint density at radius 1 is 1.35 bits per heavy atom. The molecule has 2 N–H and O–H groups in total. The van der Waals surface area contributed by atoms with Gasteiger partial charge in [0.1, 0.15) is 0 Å². The van der Waals surface area contributed by atoms with Crippen molar-refractivity contribution in [2.45, 2.75) is 59.9 Å². The highest BCUT2D eigenvalue weighted by atomic mass is 16.2. The number of nitrogens with zero attached hydrogens (tertiary/aromatic N) is 1. The average Bonchev–Trinajstić information content (AvgIpc) is 2.71. The summed E-state index contributed by atoms with van der Waals surface area (Å²) in [6.07, 6.45) is 3.43. The topological polar surface area (TPSA) is 46.3 Å². The van der Waals surface area contributed by atoms with Crippen LogP contribution in [0.4, 0.5) is 0 Å². The molecular formula is C14H28N2O. The molecule has 3 nitrogen and oxygen atoms in total. The lowest BCUT2D eigenvalue weighted by Crippen LogP contribution is -2.50. The largest absolute Gasteiger partial charge is 0.341 e. The molecule has 0 saturated carbocycles. The zero-order valence-electron chi connectivity index (χ0n) is 12.0. The highest BCUT2D eigenvalue weighted by molar-refractivity contribution is 5.82. The van der Waals surface area contributed by atoms with Gasteiger partial charge >= 0.3 is 0 Å². The molecule has 0 aromatic heterocycles. The van der Waals surface area contributed by atoms with Gasteiger partial charge in [-0.15, -0.1) is 0 Å². The van der Waals surface area contributed by atoms with Gasteiger partial charge in [0, 0.05) is 13.1 Å². The monoisotopic (exact) mass is 240 g/mol. The molecule has 0 unspecified atom stereocenters. The number of amides is 1. The lowest BCUT2D eigenvalue weighted by molar-refractivity contribution is -0.134. The summed E-state index contributed by atoms with van der Waals surface area (Å²) in [4.78, 5) is 14.3. The van der Waals surface area contributed by atoms with Crippen molar-refractivity contribution in [2.75, 3.05) is 13.1 Å². The number of likely N-dealkylation sites (tertiary alicyclic amines) is 1. The Labute approximate surface area is 106 Å². The van der Waals surface area contributed by atoms with Crippen molar-refractivity contribution in [1.82, 2.24) is 4.90 Å². The predicted octanol–water partition coefficient (Wildman–Crippen LogP) is 2.40. The minimum atomic E-state index is -0.382. The molecule has 0 aliphatic carbocycles. The number of hydrogen-bond acceptors (Lipinski definition) is 2. The molecule has 1 amide bonds. The molecule has 1 saturated heterocycles. The van der Waals surface area contributed by atoms with E-state index < -0.39 is 0 Å². The predicted molar refractivity (Wildman–Crippen MR) is 71.6 cm³/mol. The normalized spacial score (nSPS) is 21.6. The molecule has 1 rings (SSSR count). The van der Waals surface area contributed by atoms with Gasteiger partial charge in [0.25, 0.3) is 0 Å². The Balaban J connectivity index is 2.69. The molecule has 1 atom stereocenters. The van der Waals surface area contributed by atoms with Crippen LogP contribution in [0, 0.1) is 10.8 Å². The standard InChI is InChI=1S/C14H28N2O/c1-6-14(7-2)8-9-16(10-14)12(17)11(15)13(3,4)5/h11H,6-10,15H2,1-5H3/t11-/m1/s1. The van der Waals surface area contributed by atoms with Crippen molar-refractivity contribution in [1.29, 1.82) is 0 Å². The van der Waals surface area contributed by atoms with Gasteiger partial charge in [-0.3, -0.25) is 4.79 Å².